The fourth-order valence-electron chi connectivity index (χ4n) is 2.97. The normalized spacial score (nSPS) is 14.8. The standard InChI is InChI=1S/C19H20ClN3O2/c20-14-5-4-8-16(12-14)23-19(25)17-11-13(9-10-21-17)18(24)22-15-6-2-1-3-7-15/h4-5,8-12,15H,1-3,6-7H2,(H,22,24)(H,23,25). The lowest BCUT2D eigenvalue weighted by atomic mass is 9.95. The third kappa shape index (κ3) is 4.79. The first-order valence-electron chi connectivity index (χ1n) is 8.45. The molecule has 5 nitrogen and oxygen atoms in total. The molecule has 1 aromatic carbocycles. The fraction of sp³-hybridized carbons (Fsp3) is 0.316. The second-order valence-corrected chi connectivity index (χ2v) is 6.64. The summed E-state index contributed by atoms with van der Waals surface area (Å²) in [5.74, 6) is -0.541. The molecule has 1 aliphatic carbocycles. The Labute approximate surface area is 151 Å². The zero-order chi connectivity index (χ0) is 17.6. The van der Waals surface area contributed by atoms with E-state index in [1.807, 2.05) is 0 Å². The summed E-state index contributed by atoms with van der Waals surface area (Å²) in [6.45, 7) is 0. The van der Waals surface area contributed by atoms with Crippen LogP contribution in [-0.4, -0.2) is 22.8 Å². The zero-order valence-electron chi connectivity index (χ0n) is 13.8. The van der Waals surface area contributed by atoms with Crippen LogP contribution < -0.4 is 10.6 Å². The number of carbonyl (C=O) groups is 2. The van der Waals surface area contributed by atoms with Crippen LogP contribution in [0.3, 0.4) is 0 Å². The lowest BCUT2D eigenvalue weighted by Gasteiger charge is -2.22. The summed E-state index contributed by atoms with van der Waals surface area (Å²) < 4.78 is 0. The number of carbonyl (C=O) groups excluding carboxylic acids is 2. The second kappa shape index (κ2) is 8.12. The van der Waals surface area contributed by atoms with Crippen LogP contribution in [0, 0.1) is 0 Å². The SMILES string of the molecule is O=C(NC1CCCCC1)c1ccnc(C(=O)Nc2cccc(Cl)c2)c1. The summed E-state index contributed by atoms with van der Waals surface area (Å²) in [5.41, 5.74) is 1.21. The molecule has 2 aromatic rings. The largest absolute Gasteiger partial charge is 0.349 e. The van der Waals surface area contributed by atoms with Crippen LogP contribution in [-0.2, 0) is 0 Å². The molecule has 6 heteroatoms. The van der Waals surface area contributed by atoms with E-state index in [4.69, 9.17) is 11.6 Å². The van der Waals surface area contributed by atoms with Gasteiger partial charge in [-0.3, -0.25) is 14.6 Å². The molecule has 0 saturated heterocycles. The predicted molar refractivity (Wildman–Crippen MR) is 98.0 cm³/mol. The minimum Gasteiger partial charge on any atom is -0.349 e. The van der Waals surface area contributed by atoms with Crippen molar-refractivity contribution in [3.63, 3.8) is 0 Å². The number of pyridine rings is 1. The molecule has 0 atom stereocenters. The first kappa shape index (κ1) is 17.4. The van der Waals surface area contributed by atoms with Crippen molar-refractivity contribution in [2.24, 2.45) is 0 Å². The molecule has 25 heavy (non-hydrogen) atoms. The van der Waals surface area contributed by atoms with Gasteiger partial charge < -0.3 is 10.6 Å². The second-order valence-electron chi connectivity index (χ2n) is 6.20. The Hall–Kier alpha value is -2.40. The Kier molecular flexibility index (Phi) is 5.66. The molecular formula is C19H20ClN3O2. The van der Waals surface area contributed by atoms with E-state index in [2.05, 4.69) is 15.6 Å². The molecule has 2 amide bonds. The Morgan fingerprint density at radius 3 is 2.60 bits per heavy atom. The van der Waals surface area contributed by atoms with Gasteiger partial charge in [0.05, 0.1) is 0 Å². The summed E-state index contributed by atoms with van der Waals surface area (Å²) in [6.07, 6.45) is 7.03. The Morgan fingerprint density at radius 2 is 1.84 bits per heavy atom. The van der Waals surface area contributed by atoms with Gasteiger partial charge >= 0.3 is 0 Å². The van der Waals surface area contributed by atoms with Gasteiger partial charge in [0.2, 0.25) is 0 Å². The quantitative estimate of drug-likeness (QED) is 0.867. The minimum absolute atomic E-state index is 0.161. The average Bonchev–Trinajstić information content (AvgIpc) is 2.62. The number of amides is 2. The topological polar surface area (TPSA) is 71.1 Å². The first-order valence-corrected chi connectivity index (χ1v) is 8.83. The Morgan fingerprint density at radius 1 is 1.04 bits per heavy atom. The van der Waals surface area contributed by atoms with Crippen molar-refractivity contribution in [3.8, 4) is 0 Å². The number of nitrogens with zero attached hydrogens (tertiary/aromatic N) is 1. The van der Waals surface area contributed by atoms with Gasteiger partial charge in [-0.25, -0.2) is 0 Å². The first-order chi connectivity index (χ1) is 12.1. The number of aromatic nitrogens is 1. The van der Waals surface area contributed by atoms with Crippen LogP contribution in [0.2, 0.25) is 5.02 Å². The van der Waals surface area contributed by atoms with Gasteiger partial charge in [-0.15, -0.1) is 0 Å². The van der Waals surface area contributed by atoms with E-state index in [-0.39, 0.29) is 23.6 Å². The summed E-state index contributed by atoms with van der Waals surface area (Å²) in [5, 5.41) is 6.31. The van der Waals surface area contributed by atoms with Gasteiger partial charge in [0.15, 0.2) is 0 Å². The molecule has 1 aromatic heterocycles. The molecule has 0 bridgehead atoms. The van der Waals surface area contributed by atoms with Crippen LogP contribution in [0.5, 0.6) is 0 Å². The van der Waals surface area contributed by atoms with E-state index < -0.39 is 0 Å². The van der Waals surface area contributed by atoms with Crippen molar-refractivity contribution < 1.29 is 9.59 Å². The summed E-state index contributed by atoms with van der Waals surface area (Å²) in [7, 11) is 0. The van der Waals surface area contributed by atoms with E-state index in [0.717, 1.165) is 25.7 Å². The molecule has 0 unspecified atom stereocenters. The highest BCUT2D eigenvalue weighted by atomic mass is 35.5. The van der Waals surface area contributed by atoms with Crippen LogP contribution in [0.4, 0.5) is 5.69 Å². The van der Waals surface area contributed by atoms with Gasteiger partial charge in [-0.1, -0.05) is 36.9 Å². The van der Waals surface area contributed by atoms with Gasteiger partial charge in [0, 0.05) is 28.5 Å². The van der Waals surface area contributed by atoms with Crippen LogP contribution >= 0.6 is 11.6 Å². The van der Waals surface area contributed by atoms with Crippen molar-refractivity contribution in [2.45, 2.75) is 38.1 Å². The van der Waals surface area contributed by atoms with Crippen molar-refractivity contribution in [1.29, 1.82) is 0 Å². The molecule has 0 spiro atoms. The number of benzene rings is 1. The van der Waals surface area contributed by atoms with Gasteiger partial charge in [-0.2, -0.15) is 0 Å². The molecular weight excluding hydrogens is 338 g/mol. The van der Waals surface area contributed by atoms with Gasteiger partial charge in [-0.05, 0) is 43.2 Å². The maximum atomic E-state index is 12.4. The van der Waals surface area contributed by atoms with E-state index >= 15 is 0 Å². The van der Waals surface area contributed by atoms with E-state index in [1.54, 1.807) is 30.3 Å². The van der Waals surface area contributed by atoms with Gasteiger partial charge in [0.1, 0.15) is 5.69 Å². The lowest BCUT2D eigenvalue weighted by Crippen LogP contribution is -2.36. The molecule has 2 N–H and O–H groups in total. The monoisotopic (exact) mass is 357 g/mol. The third-order valence-electron chi connectivity index (χ3n) is 4.28. The van der Waals surface area contributed by atoms with Crippen molar-refractivity contribution in [2.75, 3.05) is 5.32 Å². The third-order valence-corrected chi connectivity index (χ3v) is 4.51. The smallest absolute Gasteiger partial charge is 0.274 e. The maximum absolute atomic E-state index is 12.4. The highest BCUT2D eigenvalue weighted by molar-refractivity contribution is 6.30. The zero-order valence-corrected chi connectivity index (χ0v) is 14.6. The Bertz CT molecular complexity index is 773. The fourth-order valence-corrected chi connectivity index (χ4v) is 3.16. The number of rotatable bonds is 4. The van der Waals surface area contributed by atoms with Crippen molar-refractivity contribution >= 4 is 29.1 Å². The molecule has 130 valence electrons. The minimum atomic E-state index is -0.380. The van der Waals surface area contributed by atoms with Gasteiger partial charge in [0.25, 0.3) is 11.8 Å². The average molecular weight is 358 g/mol. The molecule has 0 radical (unpaired) electrons. The van der Waals surface area contributed by atoms with Crippen LogP contribution in [0.15, 0.2) is 42.6 Å². The van der Waals surface area contributed by atoms with E-state index in [9.17, 15) is 9.59 Å². The van der Waals surface area contributed by atoms with E-state index in [0.29, 0.717) is 16.3 Å². The van der Waals surface area contributed by atoms with Crippen molar-refractivity contribution in [1.82, 2.24) is 10.3 Å². The van der Waals surface area contributed by atoms with E-state index in [1.165, 1.54) is 18.7 Å². The molecule has 1 fully saturated rings. The van der Waals surface area contributed by atoms with Crippen molar-refractivity contribution in [3.05, 3.63) is 58.9 Å². The number of anilines is 1. The number of halogens is 1. The maximum Gasteiger partial charge on any atom is 0.274 e. The molecule has 0 aliphatic heterocycles. The lowest BCUT2D eigenvalue weighted by molar-refractivity contribution is 0.0927. The summed E-state index contributed by atoms with van der Waals surface area (Å²) in [4.78, 5) is 28.8. The summed E-state index contributed by atoms with van der Waals surface area (Å²) in [6, 6.07) is 10.2. The van der Waals surface area contributed by atoms with Crippen LogP contribution in [0.25, 0.3) is 0 Å². The predicted octanol–water partition coefficient (Wildman–Crippen LogP) is 4.05. The summed E-state index contributed by atoms with van der Waals surface area (Å²) >= 11 is 5.91. The molecule has 3 rings (SSSR count). The Balaban J connectivity index is 1.67. The molecule has 1 aliphatic rings. The molecule has 1 saturated carbocycles. The molecule has 1 heterocycles. The highest BCUT2D eigenvalue weighted by Gasteiger charge is 2.18. The van der Waals surface area contributed by atoms with Crippen LogP contribution in [0.1, 0.15) is 53.0 Å². The number of hydrogen-bond acceptors (Lipinski definition) is 3. The number of hydrogen-bond donors (Lipinski definition) is 2. The number of nitrogens with one attached hydrogen (secondary N) is 2. The highest BCUT2D eigenvalue weighted by Crippen LogP contribution is 2.18.